The third kappa shape index (κ3) is 3.72. The van der Waals surface area contributed by atoms with Gasteiger partial charge in [0, 0.05) is 37.1 Å². The van der Waals surface area contributed by atoms with E-state index >= 15 is 0 Å². The topological polar surface area (TPSA) is 93.2 Å². The van der Waals surface area contributed by atoms with Crippen molar-refractivity contribution in [2.45, 2.75) is 53.8 Å². The van der Waals surface area contributed by atoms with E-state index in [-0.39, 0.29) is 11.6 Å². The molecule has 2 rings (SSSR count). The molecule has 0 aromatic carbocycles. The molecule has 2 aromatic heterocycles. The highest BCUT2D eigenvalue weighted by atomic mass is 16.4. The molecule has 0 fully saturated rings. The number of aliphatic carboxylic acids is 1. The summed E-state index contributed by atoms with van der Waals surface area (Å²) in [5.41, 5.74) is 3.25. The van der Waals surface area contributed by atoms with Crippen LogP contribution in [0.5, 0.6) is 0 Å². The van der Waals surface area contributed by atoms with Crippen LogP contribution in [0, 0.1) is 13.8 Å². The van der Waals surface area contributed by atoms with Gasteiger partial charge in [0.1, 0.15) is 11.7 Å². The summed E-state index contributed by atoms with van der Waals surface area (Å²) in [6, 6.07) is 0.739. The molecule has 8 nitrogen and oxygen atoms in total. The molecule has 0 saturated heterocycles. The van der Waals surface area contributed by atoms with Gasteiger partial charge in [0.15, 0.2) is 0 Å². The molecule has 2 heterocycles. The van der Waals surface area contributed by atoms with Gasteiger partial charge >= 0.3 is 5.97 Å². The lowest BCUT2D eigenvalue weighted by molar-refractivity contribution is -0.140. The first-order chi connectivity index (χ1) is 11.8. The fraction of sp³-hybridized carbons (Fsp3) is 0.529. The van der Waals surface area contributed by atoms with Crippen molar-refractivity contribution in [1.29, 1.82) is 0 Å². The van der Waals surface area contributed by atoms with Crippen LogP contribution < -0.4 is 0 Å². The molecule has 1 unspecified atom stereocenters. The van der Waals surface area contributed by atoms with Gasteiger partial charge in [-0.25, -0.2) is 4.79 Å². The number of carboxylic acid groups (broad SMARTS) is 1. The number of hydrogen-bond acceptors (Lipinski definition) is 4. The van der Waals surface area contributed by atoms with Crippen molar-refractivity contribution in [2.75, 3.05) is 6.54 Å². The van der Waals surface area contributed by atoms with Gasteiger partial charge in [-0.15, -0.1) is 0 Å². The van der Waals surface area contributed by atoms with Crippen molar-refractivity contribution in [3.05, 3.63) is 34.9 Å². The summed E-state index contributed by atoms with van der Waals surface area (Å²) in [5, 5.41) is 17.7. The Hall–Kier alpha value is -2.64. The number of rotatable bonds is 7. The van der Waals surface area contributed by atoms with Gasteiger partial charge in [0.25, 0.3) is 5.91 Å². The Morgan fingerprint density at radius 3 is 2.48 bits per heavy atom. The van der Waals surface area contributed by atoms with E-state index in [0.29, 0.717) is 13.1 Å². The van der Waals surface area contributed by atoms with Gasteiger partial charge in [-0.2, -0.15) is 10.2 Å². The van der Waals surface area contributed by atoms with E-state index in [0.717, 1.165) is 23.5 Å². The minimum Gasteiger partial charge on any atom is -0.480 e. The van der Waals surface area contributed by atoms with E-state index in [1.54, 1.807) is 11.0 Å². The predicted octanol–water partition coefficient (Wildman–Crippen LogP) is 2.02. The van der Waals surface area contributed by atoms with Gasteiger partial charge < -0.3 is 10.0 Å². The largest absolute Gasteiger partial charge is 0.480 e. The monoisotopic (exact) mass is 347 g/mol. The molecule has 1 atom stereocenters. The van der Waals surface area contributed by atoms with Crippen LogP contribution in [0.3, 0.4) is 0 Å². The maximum absolute atomic E-state index is 12.8. The smallest absolute Gasteiger partial charge is 0.328 e. The van der Waals surface area contributed by atoms with Crippen molar-refractivity contribution in [3.63, 3.8) is 0 Å². The summed E-state index contributed by atoms with van der Waals surface area (Å²) < 4.78 is 3.21. The molecular weight excluding hydrogens is 322 g/mol. The molecule has 1 amide bonds. The van der Waals surface area contributed by atoms with Crippen LogP contribution in [0.1, 0.15) is 54.3 Å². The number of carbonyl (C=O) groups excluding carboxylic acids is 1. The first kappa shape index (κ1) is 18.7. The lowest BCUT2D eigenvalue weighted by Gasteiger charge is -2.20. The summed E-state index contributed by atoms with van der Waals surface area (Å²) in [4.78, 5) is 25.5. The third-order valence-electron chi connectivity index (χ3n) is 4.43. The van der Waals surface area contributed by atoms with E-state index in [4.69, 9.17) is 5.11 Å². The van der Waals surface area contributed by atoms with Gasteiger partial charge in [-0.3, -0.25) is 14.2 Å². The third-order valence-corrected chi connectivity index (χ3v) is 4.43. The molecule has 0 aliphatic heterocycles. The molecule has 1 N–H and O–H groups in total. The van der Waals surface area contributed by atoms with Crippen LogP contribution in [0.25, 0.3) is 0 Å². The van der Waals surface area contributed by atoms with Crippen LogP contribution in [-0.2, 0) is 17.9 Å². The quantitative estimate of drug-likeness (QED) is 0.827. The summed E-state index contributed by atoms with van der Waals surface area (Å²) in [5.74, 6) is -1.21. The van der Waals surface area contributed by atoms with Crippen molar-refractivity contribution in [2.24, 2.45) is 0 Å². The Bertz CT molecular complexity index is 777. The van der Waals surface area contributed by atoms with Crippen LogP contribution in [-0.4, -0.2) is 48.0 Å². The molecular formula is C17H25N5O3. The molecule has 136 valence electrons. The Morgan fingerprint density at radius 1 is 1.28 bits per heavy atom. The Balaban J connectivity index is 2.22. The number of nitrogens with zero attached hydrogens (tertiary/aromatic N) is 5. The number of aryl methyl sites for hydroxylation is 2. The number of amides is 1. The maximum atomic E-state index is 12.8. The molecule has 0 aliphatic carbocycles. The number of hydrogen-bond donors (Lipinski definition) is 1. The highest BCUT2D eigenvalue weighted by molar-refractivity contribution is 5.92. The molecule has 0 bridgehead atoms. The van der Waals surface area contributed by atoms with Crippen molar-refractivity contribution in [3.8, 4) is 0 Å². The number of aromatic nitrogens is 4. The molecule has 0 radical (unpaired) electrons. The zero-order valence-corrected chi connectivity index (χ0v) is 15.4. The van der Waals surface area contributed by atoms with E-state index in [2.05, 4.69) is 10.2 Å². The molecule has 8 heteroatoms. The molecule has 0 spiro atoms. The standard InChI is InChI=1S/C17H25N5O3/c1-6-20(10-14-11(3)18-21(7-2)12(14)4)16(23)15-8-9-22(19-15)13(5)17(24)25/h8-9,13H,6-7,10H2,1-5H3,(H,24,25). The second-order valence-corrected chi connectivity index (χ2v) is 5.98. The highest BCUT2D eigenvalue weighted by Crippen LogP contribution is 2.17. The van der Waals surface area contributed by atoms with Gasteiger partial charge in [0.2, 0.25) is 0 Å². The normalized spacial score (nSPS) is 12.2. The minimum absolute atomic E-state index is 0.220. The first-order valence-electron chi connectivity index (χ1n) is 8.40. The first-order valence-corrected chi connectivity index (χ1v) is 8.40. The fourth-order valence-corrected chi connectivity index (χ4v) is 2.73. The second-order valence-electron chi connectivity index (χ2n) is 5.98. The summed E-state index contributed by atoms with van der Waals surface area (Å²) in [7, 11) is 0. The summed E-state index contributed by atoms with van der Waals surface area (Å²) >= 11 is 0. The lowest BCUT2D eigenvalue weighted by Crippen LogP contribution is -2.31. The zero-order chi connectivity index (χ0) is 18.7. The van der Waals surface area contributed by atoms with E-state index in [1.807, 2.05) is 32.4 Å². The van der Waals surface area contributed by atoms with Gasteiger partial charge in [-0.05, 0) is 40.7 Å². The Morgan fingerprint density at radius 2 is 1.96 bits per heavy atom. The van der Waals surface area contributed by atoms with Gasteiger partial charge in [-0.1, -0.05) is 0 Å². The number of carbonyl (C=O) groups is 2. The Kier molecular flexibility index (Phi) is 5.61. The summed E-state index contributed by atoms with van der Waals surface area (Å²) in [6.07, 6.45) is 1.52. The van der Waals surface area contributed by atoms with Crippen LogP contribution >= 0.6 is 0 Å². The van der Waals surface area contributed by atoms with Crippen LogP contribution in [0.15, 0.2) is 12.3 Å². The molecule has 2 aromatic rings. The SMILES string of the molecule is CCN(Cc1c(C)nn(CC)c1C)C(=O)c1ccn(C(C)C(=O)O)n1. The van der Waals surface area contributed by atoms with E-state index < -0.39 is 12.0 Å². The zero-order valence-electron chi connectivity index (χ0n) is 15.4. The fourth-order valence-electron chi connectivity index (χ4n) is 2.73. The van der Waals surface area contributed by atoms with Crippen molar-refractivity contribution >= 4 is 11.9 Å². The minimum atomic E-state index is -0.993. The van der Waals surface area contributed by atoms with E-state index in [9.17, 15) is 9.59 Å². The molecule has 25 heavy (non-hydrogen) atoms. The maximum Gasteiger partial charge on any atom is 0.328 e. The van der Waals surface area contributed by atoms with Gasteiger partial charge in [0.05, 0.1) is 5.69 Å². The van der Waals surface area contributed by atoms with Crippen LogP contribution in [0.2, 0.25) is 0 Å². The highest BCUT2D eigenvalue weighted by Gasteiger charge is 2.22. The lowest BCUT2D eigenvalue weighted by atomic mass is 10.1. The summed E-state index contributed by atoms with van der Waals surface area (Å²) in [6.45, 7) is 11.2. The molecule has 0 saturated carbocycles. The molecule has 0 aliphatic rings. The average molecular weight is 347 g/mol. The van der Waals surface area contributed by atoms with E-state index in [1.165, 1.54) is 17.8 Å². The Labute approximate surface area is 147 Å². The second kappa shape index (κ2) is 7.50. The predicted molar refractivity (Wildman–Crippen MR) is 92.4 cm³/mol. The number of carboxylic acids is 1. The van der Waals surface area contributed by atoms with Crippen LogP contribution in [0.4, 0.5) is 0 Å². The average Bonchev–Trinajstić information content (AvgIpc) is 3.17. The van der Waals surface area contributed by atoms with Crippen molar-refractivity contribution in [1.82, 2.24) is 24.5 Å². The van der Waals surface area contributed by atoms with Crippen molar-refractivity contribution < 1.29 is 14.7 Å².